The average molecular weight is 201 g/mol. The van der Waals surface area contributed by atoms with Crippen LogP contribution < -0.4 is 0 Å². The minimum absolute atomic E-state index is 0.242. The van der Waals surface area contributed by atoms with Crippen LogP contribution in [0.4, 0.5) is 4.39 Å². The van der Waals surface area contributed by atoms with Gasteiger partial charge >= 0.3 is 0 Å². The number of benzene rings is 1. The Morgan fingerprint density at radius 3 is 2.87 bits per heavy atom. The Hall–Kier alpha value is -2.15. The molecular formula is C11H8FN3. The molecule has 0 saturated heterocycles. The molecule has 3 nitrogen and oxygen atoms in total. The summed E-state index contributed by atoms with van der Waals surface area (Å²) in [7, 11) is 0. The van der Waals surface area contributed by atoms with Crippen molar-refractivity contribution in [3.63, 3.8) is 0 Å². The summed E-state index contributed by atoms with van der Waals surface area (Å²) in [6.07, 6.45) is 0. The fourth-order valence-electron chi connectivity index (χ4n) is 1.43. The van der Waals surface area contributed by atoms with E-state index in [9.17, 15) is 4.39 Å². The Balaban J connectivity index is 2.54. The number of H-pyrrole nitrogens is 1. The molecule has 0 atom stereocenters. The first-order valence-corrected chi connectivity index (χ1v) is 4.43. The molecule has 0 unspecified atom stereocenters. The molecule has 2 rings (SSSR count). The molecule has 1 aromatic carbocycles. The van der Waals surface area contributed by atoms with Gasteiger partial charge in [0.1, 0.15) is 11.9 Å². The molecule has 1 N–H and O–H groups in total. The Bertz CT molecular complexity index is 537. The van der Waals surface area contributed by atoms with Gasteiger partial charge in [0.05, 0.1) is 5.69 Å². The number of halogens is 1. The van der Waals surface area contributed by atoms with E-state index in [0.717, 1.165) is 5.69 Å². The number of nitriles is 1. The van der Waals surface area contributed by atoms with E-state index in [1.165, 1.54) is 12.1 Å². The molecule has 0 fully saturated rings. The second-order valence-electron chi connectivity index (χ2n) is 3.18. The molecule has 0 saturated carbocycles. The number of nitrogens with one attached hydrogen (secondary N) is 1. The van der Waals surface area contributed by atoms with Crippen LogP contribution in [0.25, 0.3) is 11.3 Å². The van der Waals surface area contributed by atoms with Gasteiger partial charge in [-0.2, -0.15) is 5.26 Å². The van der Waals surface area contributed by atoms with E-state index in [-0.39, 0.29) is 11.6 Å². The minimum atomic E-state index is -0.312. The first kappa shape index (κ1) is 9.41. The van der Waals surface area contributed by atoms with Gasteiger partial charge in [-0.15, -0.1) is 0 Å². The zero-order chi connectivity index (χ0) is 10.8. The zero-order valence-electron chi connectivity index (χ0n) is 8.08. The van der Waals surface area contributed by atoms with Crippen molar-refractivity contribution in [1.29, 1.82) is 5.26 Å². The molecule has 0 spiro atoms. The summed E-state index contributed by atoms with van der Waals surface area (Å²) in [6, 6.07) is 8.05. The maximum absolute atomic E-state index is 13.0. The Kier molecular flexibility index (Phi) is 2.22. The average Bonchev–Trinajstić information content (AvgIpc) is 2.60. The summed E-state index contributed by atoms with van der Waals surface area (Å²) in [6.45, 7) is 1.80. The number of hydrogen-bond donors (Lipinski definition) is 1. The van der Waals surface area contributed by atoms with Crippen LogP contribution in [0.1, 0.15) is 11.5 Å². The molecule has 1 heterocycles. The summed E-state index contributed by atoms with van der Waals surface area (Å²) < 4.78 is 13.0. The van der Waals surface area contributed by atoms with Gasteiger partial charge in [0.2, 0.25) is 5.82 Å². The lowest BCUT2D eigenvalue weighted by atomic mass is 10.1. The van der Waals surface area contributed by atoms with Crippen molar-refractivity contribution >= 4 is 0 Å². The van der Waals surface area contributed by atoms with Crippen molar-refractivity contribution in [2.45, 2.75) is 6.92 Å². The lowest BCUT2D eigenvalue weighted by Gasteiger charge is -1.97. The van der Waals surface area contributed by atoms with Gasteiger partial charge in [0, 0.05) is 11.3 Å². The van der Waals surface area contributed by atoms with E-state index in [2.05, 4.69) is 9.97 Å². The maximum Gasteiger partial charge on any atom is 0.210 e. The SMILES string of the molecule is Cc1[nH]c(C#N)nc1-c1cccc(F)c1. The standard InChI is InChI=1S/C11H8FN3/c1-7-11(15-10(6-13)14-7)8-3-2-4-9(12)5-8/h2-5H,1H3,(H,14,15). The highest BCUT2D eigenvalue weighted by Gasteiger charge is 2.08. The topological polar surface area (TPSA) is 52.5 Å². The fourth-order valence-corrected chi connectivity index (χ4v) is 1.43. The molecule has 0 amide bonds. The third kappa shape index (κ3) is 1.72. The van der Waals surface area contributed by atoms with Crippen LogP contribution >= 0.6 is 0 Å². The normalized spacial score (nSPS) is 9.93. The summed E-state index contributed by atoms with van der Waals surface area (Å²) in [4.78, 5) is 6.87. The molecule has 0 radical (unpaired) electrons. The highest BCUT2D eigenvalue weighted by atomic mass is 19.1. The molecule has 0 aliphatic heterocycles. The van der Waals surface area contributed by atoms with Crippen LogP contribution in [0.5, 0.6) is 0 Å². The van der Waals surface area contributed by atoms with Crippen molar-refractivity contribution in [3.05, 3.63) is 41.6 Å². The Morgan fingerprint density at radius 1 is 1.47 bits per heavy atom. The number of aryl methyl sites for hydroxylation is 1. The second kappa shape index (κ2) is 3.54. The van der Waals surface area contributed by atoms with Crippen LogP contribution in [0, 0.1) is 24.1 Å². The lowest BCUT2D eigenvalue weighted by Crippen LogP contribution is -1.82. The first-order valence-electron chi connectivity index (χ1n) is 4.43. The van der Waals surface area contributed by atoms with Gasteiger partial charge in [0.25, 0.3) is 0 Å². The number of hydrogen-bond acceptors (Lipinski definition) is 2. The number of imidazole rings is 1. The third-order valence-corrected chi connectivity index (χ3v) is 2.09. The van der Waals surface area contributed by atoms with Crippen molar-refractivity contribution < 1.29 is 4.39 Å². The molecule has 0 bridgehead atoms. The van der Waals surface area contributed by atoms with Crippen LogP contribution in [0.3, 0.4) is 0 Å². The predicted octanol–water partition coefficient (Wildman–Crippen LogP) is 2.40. The first-order chi connectivity index (χ1) is 7.20. The van der Waals surface area contributed by atoms with Crippen LogP contribution in [0.2, 0.25) is 0 Å². The molecule has 0 aliphatic carbocycles. The van der Waals surface area contributed by atoms with Gasteiger partial charge in [-0.05, 0) is 19.1 Å². The van der Waals surface area contributed by atoms with E-state index in [1.54, 1.807) is 19.1 Å². The number of aromatic nitrogens is 2. The monoisotopic (exact) mass is 201 g/mol. The minimum Gasteiger partial charge on any atom is -0.333 e. The van der Waals surface area contributed by atoms with Crippen molar-refractivity contribution in [1.82, 2.24) is 9.97 Å². The highest BCUT2D eigenvalue weighted by molar-refractivity contribution is 5.62. The van der Waals surface area contributed by atoms with E-state index >= 15 is 0 Å². The summed E-state index contributed by atoms with van der Waals surface area (Å²) in [5, 5.41) is 8.66. The Morgan fingerprint density at radius 2 is 2.27 bits per heavy atom. The van der Waals surface area contributed by atoms with E-state index in [0.29, 0.717) is 11.3 Å². The number of nitrogens with zero attached hydrogens (tertiary/aromatic N) is 2. The molecule has 1 aromatic heterocycles. The molecular weight excluding hydrogens is 193 g/mol. The number of rotatable bonds is 1. The zero-order valence-corrected chi connectivity index (χ0v) is 8.08. The van der Waals surface area contributed by atoms with E-state index in [1.807, 2.05) is 6.07 Å². The van der Waals surface area contributed by atoms with Crippen LogP contribution in [-0.4, -0.2) is 9.97 Å². The number of aromatic amines is 1. The van der Waals surface area contributed by atoms with Gasteiger partial charge < -0.3 is 4.98 Å². The summed E-state index contributed by atoms with van der Waals surface area (Å²) in [5.41, 5.74) is 2.05. The summed E-state index contributed by atoms with van der Waals surface area (Å²) >= 11 is 0. The van der Waals surface area contributed by atoms with E-state index < -0.39 is 0 Å². The highest BCUT2D eigenvalue weighted by Crippen LogP contribution is 2.21. The lowest BCUT2D eigenvalue weighted by molar-refractivity contribution is 0.628. The predicted molar refractivity (Wildman–Crippen MR) is 53.4 cm³/mol. The maximum atomic E-state index is 13.0. The van der Waals surface area contributed by atoms with Crippen LogP contribution in [0.15, 0.2) is 24.3 Å². The molecule has 4 heteroatoms. The largest absolute Gasteiger partial charge is 0.333 e. The molecule has 15 heavy (non-hydrogen) atoms. The molecule has 2 aromatic rings. The fraction of sp³-hybridized carbons (Fsp3) is 0.0909. The van der Waals surface area contributed by atoms with Gasteiger partial charge in [-0.1, -0.05) is 12.1 Å². The smallest absolute Gasteiger partial charge is 0.210 e. The van der Waals surface area contributed by atoms with Gasteiger partial charge in [0.15, 0.2) is 0 Å². The summed E-state index contributed by atoms with van der Waals surface area (Å²) in [5.74, 6) is -0.0693. The van der Waals surface area contributed by atoms with Crippen LogP contribution in [-0.2, 0) is 0 Å². The van der Waals surface area contributed by atoms with Crippen molar-refractivity contribution in [2.75, 3.05) is 0 Å². The van der Waals surface area contributed by atoms with Gasteiger partial charge in [-0.3, -0.25) is 0 Å². The molecule has 0 aliphatic rings. The van der Waals surface area contributed by atoms with E-state index in [4.69, 9.17) is 5.26 Å². The van der Waals surface area contributed by atoms with Crippen molar-refractivity contribution in [2.24, 2.45) is 0 Å². The van der Waals surface area contributed by atoms with Crippen molar-refractivity contribution in [3.8, 4) is 17.3 Å². The third-order valence-electron chi connectivity index (χ3n) is 2.09. The quantitative estimate of drug-likeness (QED) is 0.770. The second-order valence-corrected chi connectivity index (χ2v) is 3.18. The Labute approximate surface area is 86.2 Å². The molecule has 74 valence electrons. The van der Waals surface area contributed by atoms with Gasteiger partial charge in [-0.25, -0.2) is 9.37 Å².